The molecule has 0 aliphatic carbocycles. The molecule has 24 heavy (non-hydrogen) atoms. The number of thiocarbonyl (C=S) groups is 1. The van der Waals surface area contributed by atoms with Gasteiger partial charge < -0.3 is 10.4 Å². The molecule has 2 rings (SSSR count). The van der Waals surface area contributed by atoms with Crippen molar-refractivity contribution in [3.63, 3.8) is 0 Å². The van der Waals surface area contributed by atoms with Crippen LogP contribution in [-0.2, 0) is 5.41 Å². The normalized spacial score (nSPS) is 12.5. The number of nitrogens with one attached hydrogen (secondary N) is 1. The Kier molecular flexibility index (Phi) is 5.73. The minimum absolute atomic E-state index is 0.0569. The van der Waals surface area contributed by atoms with Gasteiger partial charge >= 0.3 is 0 Å². The van der Waals surface area contributed by atoms with Crippen LogP contribution in [0.1, 0.15) is 38.8 Å². The van der Waals surface area contributed by atoms with Crippen molar-refractivity contribution < 1.29 is 9.67 Å². The van der Waals surface area contributed by atoms with E-state index in [0.717, 1.165) is 0 Å². The van der Waals surface area contributed by atoms with Gasteiger partial charge in [-0.2, -0.15) is 4.57 Å². The highest BCUT2D eigenvalue weighted by atomic mass is 32.1. The Morgan fingerprint density at radius 1 is 1.08 bits per heavy atom. The Morgan fingerprint density at radius 2 is 1.67 bits per heavy atom. The summed E-state index contributed by atoms with van der Waals surface area (Å²) in [5, 5.41) is 16.1. The average Bonchev–Trinajstić information content (AvgIpc) is 2.55. The van der Waals surface area contributed by atoms with Gasteiger partial charge in [0.1, 0.15) is 0 Å². The summed E-state index contributed by atoms with van der Waals surface area (Å²) < 4.78 is 1.77. The number of nitrogens with zero attached hydrogens (tertiary/aromatic N) is 1. The Labute approximate surface area is 149 Å². The van der Waals surface area contributed by atoms with Crippen LogP contribution in [0.2, 0.25) is 0 Å². The number of aromatic nitrogens is 1. The first-order chi connectivity index (χ1) is 11.3. The molecule has 0 amide bonds. The number of rotatable bonds is 4. The van der Waals surface area contributed by atoms with Crippen LogP contribution in [0.3, 0.4) is 0 Å². The summed E-state index contributed by atoms with van der Waals surface area (Å²) in [6.07, 6.45) is 3.67. The molecule has 1 N–H and O–H groups in total. The lowest BCUT2D eigenvalue weighted by molar-refractivity contribution is -0.577. The molecule has 0 unspecified atom stereocenters. The van der Waals surface area contributed by atoms with Crippen molar-refractivity contribution in [3.8, 4) is 0 Å². The second-order valence-corrected chi connectivity index (χ2v) is 7.06. The van der Waals surface area contributed by atoms with Gasteiger partial charge in [-0.3, -0.25) is 0 Å². The monoisotopic (exact) mass is 340 g/mol. The number of benzene rings is 1. The maximum atomic E-state index is 13.0. The zero-order chi connectivity index (χ0) is 17.7. The summed E-state index contributed by atoms with van der Waals surface area (Å²) in [5.74, 6) is -0.0855. The van der Waals surface area contributed by atoms with E-state index in [9.17, 15) is 5.11 Å². The molecule has 0 bridgehead atoms. The number of hydrogen-bond donors (Lipinski definition) is 1. The molecular formula is C20H24N2OS. The molecule has 0 aliphatic heterocycles. The van der Waals surface area contributed by atoms with E-state index in [1.54, 1.807) is 4.57 Å². The quantitative estimate of drug-likeness (QED) is 0.403. The maximum absolute atomic E-state index is 13.0. The third-order valence-electron chi connectivity index (χ3n) is 3.75. The Morgan fingerprint density at radius 3 is 2.17 bits per heavy atom. The standard InChI is InChI=1S/C20H24N2OS/c1-5-21-19(24)17(22-13-7-6-8-14-22)18(23)15-9-11-16(12-10-15)20(2,3)4/h6-14H,5H2,1-4H3,(H-,21,23,24). The van der Waals surface area contributed by atoms with E-state index in [2.05, 4.69) is 26.1 Å². The predicted octanol–water partition coefficient (Wildman–Crippen LogP) is 2.89. The van der Waals surface area contributed by atoms with Crippen LogP contribution in [0.25, 0.3) is 11.5 Å². The Hall–Kier alpha value is -2.20. The zero-order valence-corrected chi connectivity index (χ0v) is 15.5. The highest BCUT2D eigenvalue weighted by Crippen LogP contribution is 2.24. The molecule has 0 radical (unpaired) electrons. The van der Waals surface area contributed by atoms with Gasteiger partial charge in [0.05, 0.1) is 0 Å². The fourth-order valence-corrected chi connectivity index (χ4v) is 2.73. The van der Waals surface area contributed by atoms with Gasteiger partial charge in [0.25, 0.3) is 0 Å². The van der Waals surface area contributed by atoms with Gasteiger partial charge in [0, 0.05) is 18.7 Å². The van der Waals surface area contributed by atoms with Crippen LogP contribution in [0.4, 0.5) is 0 Å². The van der Waals surface area contributed by atoms with Gasteiger partial charge in [0.2, 0.25) is 5.70 Å². The predicted molar refractivity (Wildman–Crippen MR) is 101 cm³/mol. The van der Waals surface area contributed by atoms with Crippen molar-refractivity contribution in [2.45, 2.75) is 33.1 Å². The maximum Gasteiger partial charge on any atom is 0.237 e. The lowest BCUT2D eigenvalue weighted by atomic mass is 9.86. The third-order valence-corrected chi connectivity index (χ3v) is 4.09. The highest BCUT2D eigenvalue weighted by molar-refractivity contribution is 7.81. The SMILES string of the molecule is CCNC(=S)/C(=C(\[O-])c1ccc(C(C)(C)C)cc1)[n+]1ccccc1. The molecule has 0 aliphatic rings. The number of hydrogen-bond acceptors (Lipinski definition) is 2. The van der Waals surface area contributed by atoms with E-state index in [4.69, 9.17) is 12.2 Å². The fraction of sp³-hybridized carbons (Fsp3) is 0.300. The molecule has 3 nitrogen and oxygen atoms in total. The summed E-state index contributed by atoms with van der Waals surface area (Å²) in [4.78, 5) is 0.457. The van der Waals surface area contributed by atoms with Gasteiger partial charge in [0.15, 0.2) is 17.4 Å². The summed E-state index contributed by atoms with van der Waals surface area (Å²) in [6.45, 7) is 9.10. The van der Waals surface area contributed by atoms with Crippen LogP contribution < -0.4 is 15.0 Å². The number of likely N-dealkylation sites (N-methyl/N-ethyl adjacent to an activating group) is 1. The van der Waals surface area contributed by atoms with E-state index in [1.807, 2.05) is 61.8 Å². The van der Waals surface area contributed by atoms with Gasteiger partial charge in [-0.15, -0.1) is 0 Å². The summed E-state index contributed by atoms with van der Waals surface area (Å²) in [6, 6.07) is 13.4. The minimum Gasteiger partial charge on any atom is -0.867 e. The molecule has 4 heteroatoms. The Balaban J connectivity index is 2.51. The number of pyridine rings is 1. The minimum atomic E-state index is -0.0855. The van der Waals surface area contributed by atoms with Crippen LogP contribution >= 0.6 is 12.2 Å². The molecule has 0 atom stereocenters. The van der Waals surface area contributed by atoms with Gasteiger partial charge in [-0.05, 0) is 29.2 Å². The Bertz CT molecular complexity index is 728. The molecule has 2 aromatic rings. The van der Waals surface area contributed by atoms with Gasteiger partial charge in [-0.1, -0.05) is 63.3 Å². The topological polar surface area (TPSA) is 39.0 Å². The highest BCUT2D eigenvalue weighted by Gasteiger charge is 2.18. The zero-order valence-electron chi connectivity index (χ0n) is 14.7. The van der Waals surface area contributed by atoms with Crippen LogP contribution in [-0.4, -0.2) is 11.5 Å². The molecule has 0 fully saturated rings. The van der Waals surface area contributed by atoms with E-state index in [1.165, 1.54) is 5.56 Å². The van der Waals surface area contributed by atoms with Gasteiger partial charge in [-0.25, -0.2) is 0 Å². The van der Waals surface area contributed by atoms with E-state index in [0.29, 0.717) is 22.8 Å². The summed E-state index contributed by atoms with van der Waals surface area (Å²) >= 11 is 5.43. The van der Waals surface area contributed by atoms with E-state index < -0.39 is 0 Å². The molecule has 126 valence electrons. The van der Waals surface area contributed by atoms with E-state index in [-0.39, 0.29) is 11.2 Å². The van der Waals surface area contributed by atoms with Crippen LogP contribution in [0, 0.1) is 0 Å². The molecule has 0 spiro atoms. The second kappa shape index (κ2) is 7.58. The first kappa shape index (κ1) is 18.1. The first-order valence-corrected chi connectivity index (χ1v) is 8.52. The molecular weight excluding hydrogens is 316 g/mol. The van der Waals surface area contributed by atoms with Crippen LogP contribution in [0.5, 0.6) is 0 Å². The lowest BCUT2D eigenvalue weighted by Gasteiger charge is -2.21. The lowest BCUT2D eigenvalue weighted by Crippen LogP contribution is -2.42. The van der Waals surface area contributed by atoms with Crippen LogP contribution in [0.15, 0.2) is 54.9 Å². The molecule has 1 aromatic heterocycles. The van der Waals surface area contributed by atoms with Crippen molar-refractivity contribution in [1.82, 2.24) is 5.32 Å². The molecule has 0 saturated heterocycles. The fourth-order valence-electron chi connectivity index (χ4n) is 2.39. The largest absolute Gasteiger partial charge is 0.867 e. The van der Waals surface area contributed by atoms with E-state index >= 15 is 0 Å². The molecule has 1 aromatic carbocycles. The smallest absolute Gasteiger partial charge is 0.237 e. The van der Waals surface area contributed by atoms with Crippen molar-refractivity contribution in [2.75, 3.05) is 6.54 Å². The average molecular weight is 340 g/mol. The summed E-state index contributed by atoms with van der Waals surface area (Å²) in [7, 11) is 0. The first-order valence-electron chi connectivity index (χ1n) is 8.11. The third kappa shape index (κ3) is 4.20. The van der Waals surface area contributed by atoms with Crippen molar-refractivity contribution >= 4 is 28.7 Å². The molecule has 1 heterocycles. The summed E-state index contributed by atoms with van der Waals surface area (Å²) in [5.41, 5.74) is 2.36. The second-order valence-electron chi connectivity index (χ2n) is 6.65. The van der Waals surface area contributed by atoms with Crippen molar-refractivity contribution in [3.05, 3.63) is 66.0 Å². The van der Waals surface area contributed by atoms with Crippen molar-refractivity contribution in [1.29, 1.82) is 0 Å². The van der Waals surface area contributed by atoms with Crippen molar-refractivity contribution in [2.24, 2.45) is 0 Å². The molecule has 0 saturated carbocycles.